The van der Waals surface area contributed by atoms with Crippen LogP contribution in [0.4, 0.5) is 13.2 Å². The molecule has 0 N–H and O–H groups in total. The van der Waals surface area contributed by atoms with Crippen molar-refractivity contribution < 1.29 is 17.7 Å². The molecule has 4 rings (SSSR count). The van der Waals surface area contributed by atoms with Gasteiger partial charge in [0, 0.05) is 16.8 Å². The van der Waals surface area contributed by atoms with Gasteiger partial charge in [-0.2, -0.15) is 18.2 Å². The minimum Gasteiger partial charge on any atom is -0.338 e. The number of hydrogen-bond donors (Lipinski definition) is 0. The minimum absolute atomic E-state index is 0.127. The van der Waals surface area contributed by atoms with E-state index in [-0.39, 0.29) is 27.5 Å². The van der Waals surface area contributed by atoms with Crippen molar-refractivity contribution in [3.05, 3.63) is 58.0 Å². The van der Waals surface area contributed by atoms with E-state index in [2.05, 4.69) is 20.3 Å². The normalized spacial score (nSPS) is 12.0. The van der Waals surface area contributed by atoms with E-state index in [0.717, 1.165) is 24.0 Å². The van der Waals surface area contributed by atoms with Crippen molar-refractivity contribution in [2.45, 2.75) is 17.1 Å². The number of aromatic nitrogens is 5. The van der Waals surface area contributed by atoms with Crippen LogP contribution in [0.5, 0.6) is 0 Å². The third-order valence-electron chi connectivity index (χ3n) is 3.63. The van der Waals surface area contributed by atoms with Crippen molar-refractivity contribution in [1.82, 2.24) is 24.7 Å². The van der Waals surface area contributed by atoms with E-state index in [9.17, 15) is 13.2 Å². The Morgan fingerprint density at radius 2 is 1.96 bits per heavy atom. The Balaban J connectivity index is 1.57. The van der Waals surface area contributed by atoms with Crippen LogP contribution in [0.25, 0.3) is 17.0 Å². The molecular formula is C16H8Cl2F3N5OS. The van der Waals surface area contributed by atoms with Gasteiger partial charge in [0.2, 0.25) is 11.7 Å². The molecule has 0 atom stereocenters. The number of thioether (sulfide) groups is 1. The molecule has 0 aliphatic heterocycles. The Bertz CT molecular complexity index is 1160. The molecule has 3 heterocycles. The largest absolute Gasteiger partial charge is 0.417 e. The predicted octanol–water partition coefficient (Wildman–Crippen LogP) is 5.40. The van der Waals surface area contributed by atoms with Crippen LogP contribution < -0.4 is 0 Å². The van der Waals surface area contributed by atoms with Crippen LogP contribution in [0.1, 0.15) is 11.5 Å². The van der Waals surface area contributed by atoms with Crippen molar-refractivity contribution in [1.29, 1.82) is 0 Å². The lowest BCUT2D eigenvalue weighted by molar-refractivity contribution is -0.137. The highest BCUT2D eigenvalue weighted by atomic mass is 35.5. The molecule has 1 aromatic carbocycles. The van der Waals surface area contributed by atoms with Gasteiger partial charge in [-0.3, -0.25) is 4.40 Å². The number of benzene rings is 1. The number of hydrogen-bond acceptors (Lipinski definition) is 6. The van der Waals surface area contributed by atoms with Gasteiger partial charge in [-0.25, -0.2) is 0 Å². The molecule has 0 saturated heterocycles. The molecule has 144 valence electrons. The molecule has 4 aromatic rings. The van der Waals surface area contributed by atoms with E-state index < -0.39 is 11.7 Å². The lowest BCUT2D eigenvalue weighted by Gasteiger charge is -2.08. The Morgan fingerprint density at radius 3 is 2.71 bits per heavy atom. The van der Waals surface area contributed by atoms with Gasteiger partial charge in [0.1, 0.15) is 0 Å². The first-order valence-corrected chi connectivity index (χ1v) is 9.38. The molecule has 0 aliphatic rings. The van der Waals surface area contributed by atoms with Gasteiger partial charge >= 0.3 is 6.18 Å². The number of nitrogens with zero attached hydrogens (tertiary/aromatic N) is 5. The van der Waals surface area contributed by atoms with Crippen LogP contribution in [-0.2, 0) is 11.9 Å². The van der Waals surface area contributed by atoms with Gasteiger partial charge in [0.05, 0.1) is 16.3 Å². The zero-order valence-corrected chi connectivity index (χ0v) is 15.9. The van der Waals surface area contributed by atoms with E-state index >= 15 is 0 Å². The van der Waals surface area contributed by atoms with E-state index in [0.29, 0.717) is 16.4 Å². The summed E-state index contributed by atoms with van der Waals surface area (Å²) in [6.45, 7) is 0. The minimum atomic E-state index is -4.54. The van der Waals surface area contributed by atoms with Crippen molar-refractivity contribution >= 4 is 40.6 Å². The Labute approximate surface area is 169 Å². The fraction of sp³-hybridized carbons (Fsp3) is 0.125. The molecule has 0 spiro atoms. The number of halogens is 5. The summed E-state index contributed by atoms with van der Waals surface area (Å²) in [5.74, 6) is 0.809. The van der Waals surface area contributed by atoms with E-state index in [1.165, 1.54) is 4.40 Å². The standard InChI is InChI=1S/C16H8Cl2F3N5OS/c17-10-3-1-2-8(4-10)13-22-12(27-25-13)7-28-15-24-23-14-11(18)5-9(6-26(14)15)16(19,20)21/h1-6H,7H2. The molecular weight excluding hydrogens is 438 g/mol. The van der Waals surface area contributed by atoms with Gasteiger partial charge < -0.3 is 4.52 Å². The molecule has 0 saturated carbocycles. The zero-order chi connectivity index (χ0) is 19.9. The summed E-state index contributed by atoms with van der Waals surface area (Å²) in [7, 11) is 0. The highest BCUT2D eigenvalue weighted by molar-refractivity contribution is 7.98. The van der Waals surface area contributed by atoms with Crippen molar-refractivity contribution in [2.24, 2.45) is 0 Å². The summed E-state index contributed by atoms with van der Waals surface area (Å²) in [5.41, 5.74) is -0.0861. The van der Waals surface area contributed by atoms with Crippen molar-refractivity contribution in [3.8, 4) is 11.4 Å². The molecule has 0 fully saturated rings. The number of fused-ring (bicyclic) bond motifs is 1. The van der Waals surface area contributed by atoms with Gasteiger partial charge in [0.15, 0.2) is 10.8 Å². The Hall–Kier alpha value is -2.30. The molecule has 0 amide bonds. The first kappa shape index (κ1) is 19.0. The maximum absolute atomic E-state index is 13.0. The third kappa shape index (κ3) is 3.80. The second kappa shape index (κ2) is 7.26. The quantitative estimate of drug-likeness (QED) is 0.391. The van der Waals surface area contributed by atoms with Gasteiger partial charge in [0.25, 0.3) is 0 Å². The summed E-state index contributed by atoms with van der Waals surface area (Å²) >= 11 is 12.9. The van der Waals surface area contributed by atoms with Crippen LogP contribution in [0, 0.1) is 0 Å². The average molecular weight is 446 g/mol. The summed E-state index contributed by atoms with van der Waals surface area (Å²) in [6, 6.07) is 7.76. The fourth-order valence-electron chi connectivity index (χ4n) is 2.37. The molecule has 0 radical (unpaired) electrons. The van der Waals surface area contributed by atoms with Crippen molar-refractivity contribution in [3.63, 3.8) is 0 Å². The topological polar surface area (TPSA) is 69.1 Å². The average Bonchev–Trinajstić information content (AvgIpc) is 3.26. The third-order valence-corrected chi connectivity index (χ3v) is 5.07. The number of alkyl halides is 3. The lowest BCUT2D eigenvalue weighted by Crippen LogP contribution is -2.07. The highest BCUT2D eigenvalue weighted by Crippen LogP contribution is 2.33. The van der Waals surface area contributed by atoms with Gasteiger partial charge in [-0.1, -0.05) is 52.3 Å². The molecule has 12 heteroatoms. The SMILES string of the molecule is FC(F)(F)c1cc(Cl)c2nnc(SCc3nc(-c4cccc(Cl)c4)no3)n2c1. The summed E-state index contributed by atoms with van der Waals surface area (Å²) in [6.07, 6.45) is -3.64. The number of rotatable bonds is 4. The van der Waals surface area contributed by atoms with Crippen LogP contribution in [0.2, 0.25) is 10.0 Å². The molecule has 28 heavy (non-hydrogen) atoms. The second-order valence-corrected chi connectivity index (χ2v) is 7.35. The summed E-state index contributed by atoms with van der Waals surface area (Å²) in [4.78, 5) is 4.25. The lowest BCUT2D eigenvalue weighted by atomic mass is 10.2. The van der Waals surface area contributed by atoms with Crippen LogP contribution in [0.15, 0.2) is 46.2 Å². The summed E-state index contributed by atoms with van der Waals surface area (Å²) < 4.78 is 45.4. The molecule has 3 aromatic heterocycles. The van der Waals surface area contributed by atoms with E-state index in [4.69, 9.17) is 27.7 Å². The maximum atomic E-state index is 13.0. The monoisotopic (exact) mass is 445 g/mol. The Morgan fingerprint density at radius 1 is 1.14 bits per heavy atom. The molecule has 6 nitrogen and oxygen atoms in total. The van der Waals surface area contributed by atoms with E-state index in [1.807, 2.05) is 0 Å². The number of pyridine rings is 1. The first-order valence-electron chi connectivity index (χ1n) is 7.64. The fourth-order valence-corrected chi connectivity index (χ4v) is 3.56. The molecule has 0 unspecified atom stereocenters. The van der Waals surface area contributed by atoms with Crippen LogP contribution >= 0.6 is 35.0 Å². The first-order chi connectivity index (χ1) is 13.3. The Kier molecular flexibility index (Phi) is 4.94. The molecule has 0 bridgehead atoms. The smallest absolute Gasteiger partial charge is 0.338 e. The van der Waals surface area contributed by atoms with Gasteiger partial charge in [-0.15, -0.1) is 10.2 Å². The van der Waals surface area contributed by atoms with Gasteiger partial charge in [-0.05, 0) is 18.2 Å². The summed E-state index contributed by atoms with van der Waals surface area (Å²) in [5, 5.41) is 12.2. The van der Waals surface area contributed by atoms with Crippen LogP contribution in [-0.4, -0.2) is 24.7 Å². The second-order valence-electron chi connectivity index (χ2n) is 5.56. The maximum Gasteiger partial charge on any atom is 0.417 e. The van der Waals surface area contributed by atoms with E-state index in [1.54, 1.807) is 24.3 Å². The van der Waals surface area contributed by atoms with Crippen molar-refractivity contribution in [2.75, 3.05) is 0 Å². The molecule has 0 aliphatic carbocycles. The zero-order valence-electron chi connectivity index (χ0n) is 13.6. The van der Waals surface area contributed by atoms with Crippen LogP contribution in [0.3, 0.4) is 0 Å². The predicted molar refractivity (Wildman–Crippen MR) is 97.3 cm³/mol. The highest BCUT2D eigenvalue weighted by Gasteiger charge is 2.32.